The number of rotatable bonds is 1. The van der Waals surface area contributed by atoms with E-state index >= 15 is 0 Å². The van der Waals surface area contributed by atoms with Crippen LogP contribution in [-0.4, -0.2) is 0 Å². The Labute approximate surface area is 71.0 Å². The fraction of sp³-hybridized carbons (Fsp3) is 0.500. The predicted molar refractivity (Wildman–Crippen MR) is 52.3 cm³/mol. The van der Waals surface area contributed by atoms with Crippen molar-refractivity contribution in [3.63, 3.8) is 0 Å². The van der Waals surface area contributed by atoms with Crippen LogP contribution in [0.2, 0.25) is 0 Å². The Balaban J connectivity index is -0.000000138. The fourth-order valence-electron chi connectivity index (χ4n) is 0.214. The third kappa shape index (κ3) is 27.6. The van der Waals surface area contributed by atoms with Gasteiger partial charge in [-0.1, -0.05) is 40.3 Å². The monoisotopic (exact) mass is 153 g/mol. The summed E-state index contributed by atoms with van der Waals surface area (Å²) in [4.78, 5) is 0. The molecule has 0 aliphatic carbocycles. The number of nitriles is 1. The summed E-state index contributed by atoms with van der Waals surface area (Å²) in [5, 5.41) is 8.10. The van der Waals surface area contributed by atoms with Gasteiger partial charge in [-0.2, -0.15) is 5.26 Å². The molecule has 0 atom stereocenters. The summed E-state index contributed by atoms with van der Waals surface area (Å²) >= 11 is 0. The van der Waals surface area contributed by atoms with E-state index in [4.69, 9.17) is 5.26 Å². The molecule has 11 heavy (non-hydrogen) atoms. The van der Waals surface area contributed by atoms with E-state index in [1.807, 2.05) is 33.8 Å². The van der Waals surface area contributed by atoms with Gasteiger partial charge in [0.2, 0.25) is 0 Å². The average Bonchev–Trinajstić information content (AvgIpc) is 2.12. The molecule has 0 unspecified atom stereocenters. The molecule has 0 saturated heterocycles. The van der Waals surface area contributed by atoms with Crippen molar-refractivity contribution in [2.24, 2.45) is 0 Å². The van der Waals surface area contributed by atoms with E-state index in [-0.39, 0.29) is 0 Å². The quantitative estimate of drug-likeness (QED) is 0.416. The molecule has 64 valence electrons. The van der Waals surface area contributed by atoms with Crippen molar-refractivity contribution in [1.82, 2.24) is 0 Å². The lowest BCUT2D eigenvalue weighted by atomic mass is 10.3. The van der Waals surface area contributed by atoms with Crippen LogP contribution in [0.5, 0.6) is 0 Å². The second-order valence-corrected chi connectivity index (χ2v) is 1.20. The zero-order chi connectivity index (χ0) is 9.70. The molecule has 0 rings (SSSR count). The third-order valence-electron chi connectivity index (χ3n) is 0.544. The van der Waals surface area contributed by atoms with Gasteiger partial charge in [-0.25, -0.2) is 0 Å². The average molecular weight is 153 g/mol. The molecule has 0 aliphatic heterocycles. The molecule has 0 aromatic rings. The Morgan fingerprint density at radius 2 is 1.64 bits per heavy atom. The molecule has 0 bridgehead atoms. The van der Waals surface area contributed by atoms with Crippen LogP contribution in [0, 0.1) is 11.3 Å². The van der Waals surface area contributed by atoms with E-state index in [1.165, 1.54) is 0 Å². The minimum absolute atomic E-state index is 0.690. The maximum atomic E-state index is 8.10. The van der Waals surface area contributed by atoms with Gasteiger partial charge < -0.3 is 0 Å². The third-order valence-corrected chi connectivity index (χ3v) is 0.544. The van der Waals surface area contributed by atoms with Gasteiger partial charge in [-0.3, -0.25) is 0 Å². The van der Waals surface area contributed by atoms with E-state index in [0.29, 0.717) is 5.57 Å². The van der Waals surface area contributed by atoms with Gasteiger partial charge in [0.15, 0.2) is 0 Å². The van der Waals surface area contributed by atoms with Crippen LogP contribution in [0.25, 0.3) is 0 Å². The van der Waals surface area contributed by atoms with Gasteiger partial charge in [-0.15, -0.1) is 0 Å². The Kier molecular flexibility index (Phi) is 34.6. The topological polar surface area (TPSA) is 23.8 Å². The largest absolute Gasteiger partial charge is 0.193 e. The van der Waals surface area contributed by atoms with Crippen molar-refractivity contribution in [3.8, 4) is 6.07 Å². The maximum Gasteiger partial charge on any atom is 0.0944 e. The maximum absolute atomic E-state index is 8.10. The SMILES string of the molecule is C=C/C=C(\C)C#N.CC.CC. The molecule has 0 radical (unpaired) electrons. The van der Waals surface area contributed by atoms with E-state index < -0.39 is 0 Å². The molecule has 0 saturated carbocycles. The number of hydrogen-bond acceptors (Lipinski definition) is 1. The molecule has 0 heterocycles. The minimum Gasteiger partial charge on any atom is -0.193 e. The number of nitrogens with zero attached hydrogens (tertiary/aromatic N) is 1. The number of hydrogen-bond donors (Lipinski definition) is 0. The van der Waals surface area contributed by atoms with Crippen LogP contribution in [0.1, 0.15) is 34.6 Å². The molecule has 0 fully saturated rings. The van der Waals surface area contributed by atoms with Gasteiger partial charge in [0.1, 0.15) is 0 Å². The van der Waals surface area contributed by atoms with Crippen molar-refractivity contribution < 1.29 is 0 Å². The second kappa shape index (κ2) is 23.1. The van der Waals surface area contributed by atoms with Gasteiger partial charge in [-0.05, 0) is 13.0 Å². The molecule has 0 aliphatic rings. The molecule has 0 N–H and O–H groups in total. The Bertz CT molecular complexity index is 126. The Morgan fingerprint density at radius 3 is 1.73 bits per heavy atom. The summed E-state index contributed by atoms with van der Waals surface area (Å²) in [5.41, 5.74) is 0.690. The van der Waals surface area contributed by atoms with E-state index in [1.54, 1.807) is 19.1 Å². The van der Waals surface area contributed by atoms with E-state index in [2.05, 4.69) is 6.58 Å². The van der Waals surface area contributed by atoms with Crippen LogP contribution >= 0.6 is 0 Å². The van der Waals surface area contributed by atoms with E-state index in [0.717, 1.165) is 0 Å². The van der Waals surface area contributed by atoms with Crippen molar-refractivity contribution >= 4 is 0 Å². The summed E-state index contributed by atoms with van der Waals surface area (Å²) in [5.74, 6) is 0. The highest BCUT2D eigenvalue weighted by Gasteiger charge is 1.73. The normalized spacial score (nSPS) is 7.45. The van der Waals surface area contributed by atoms with Crippen LogP contribution in [0.15, 0.2) is 24.3 Å². The van der Waals surface area contributed by atoms with Gasteiger partial charge in [0.25, 0.3) is 0 Å². The smallest absolute Gasteiger partial charge is 0.0944 e. The van der Waals surface area contributed by atoms with E-state index in [9.17, 15) is 0 Å². The first-order chi connectivity index (χ1) is 5.31. The van der Waals surface area contributed by atoms with Gasteiger partial charge >= 0.3 is 0 Å². The zero-order valence-electron chi connectivity index (χ0n) is 8.31. The first-order valence-corrected chi connectivity index (χ1v) is 4.00. The zero-order valence-corrected chi connectivity index (χ0v) is 8.31. The molecular formula is C10H19N. The molecular weight excluding hydrogens is 134 g/mol. The summed E-state index contributed by atoms with van der Waals surface area (Å²) in [7, 11) is 0. The highest BCUT2D eigenvalue weighted by molar-refractivity contribution is 5.21. The molecule has 1 heteroatoms. The first-order valence-electron chi connectivity index (χ1n) is 4.00. The molecule has 0 spiro atoms. The van der Waals surface area contributed by atoms with Crippen molar-refractivity contribution in [2.45, 2.75) is 34.6 Å². The minimum atomic E-state index is 0.690. The Hall–Kier alpha value is -1.03. The van der Waals surface area contributed by atoms with Crippen molar-refractivity contribution in [1.29, 1.82) is 5.26 Å². The molecule has 0 amide bonds. The van der Waals surface area contributed by atoms with Crippen LogP contribution in [0.3, 0.4) is 0 Å². The Morgan fingerprint density at radius 1 is 1.27 bits per heavy atom. The fourth-order valence-corrected chi connectivity index (χ4v) is 0.214. The highest BCUT2D eigenvalue weighted by atomic mass is 14.2. The molecule has 0 aromatic heterocycles. The molecule has 0 aromatic carbocycles. The predicted octanol–water partition coefficient (Wildman–Crippen LogP) is 3.69. The van der Waals surface area contributed by atoms with Gasteiger partial charge in [0, 0.05) is 5.57 Å². The van der Waals surface area contributed by atoms with Crippen LogP contribution in [0.4, 0.5) is 0 Å². The van der Waals surface area contributed by atoms with Crippen LogP contribution < -0.4 is 0 Å². The lowest BCUT2D eigenvalue weighted by Gasteiger charge is -1.72. The van der Waals surface area contributed by atoms with Crippen LogP contribution in [-0.2, 0) is 0 Å². The summed E-state index contributed by atoms with van der Waals surface area (Å²) in [6.07, 6.45) is 3.26. The molecule has 1 nitrogen and oxygen atoms in total. The summed E-state index contributed by atoms with van der Waals surface area (Å²) < 4.78 is 0. The summed E-state index contributed by atoms with van der Waals surface area (Å²) in [6, 6.07) is 1.96. The van der Waals surface area contributed by atoms with Gasteiger partial charge in [0.05, 0.1) is 6.07 Å². The second-order valence-electron chi connectivity index (χ2n) is 1.20. The lowest BCUT2D eigenvalue weighted by molar-refractivity contribution is 1.44. The summed E-state index contributed by atoms with van der Waals surface area (Å²) in [6.45, 7) is 13.2. The lowest BCUT2D eigenvalue weighted by Crippen LogP contribution is -1.60. The van der Waals surface area contributed by atoms with Crippen molar-refractivity contribution in [2.75, 3.05) is 0 Å². The first kappa shape index (κ1) is 16.5. The number of allylic oxidation sites excluding steroid dienone is 3. The standard InChI is InChI=1S/C6H7N.2C2H6/c1-3-4-6(2)5-7;2*1-2/h3-4H,1H2,2H3;2*1-2H3/b6-4+;;. The van der Waals surface area contributed by atoms with Crippen molar-refractivity contribution in [3.05, 3.63) is 24.3 Å². The highest BCUT2D eigenvalue weighted by Crippen LogP contribution is 1.85.